The normalized spacial score (nSPS) is 11.1. The molecule has 0 bridgehead atoms. The first-order valence-corrected chi connectivity index (χ1v) is 11.3. The van der Waals surface area contributed by atoms with Crippen molar-refractivity contribution in [3.05, 3.63) is 121 Å². The van der Waals surface area contributed by atoms with Crippen molar-refractivity contribution in [2.24, 2.45) is 0 Å². The molecular formula is C29H20FN5. The summed E-state index contributed by atoms with van der Waals surface area (Å²) in [4.78, 5) is 9.99. The molecule has 168 valence electrons. The van der Waals surface area contributed by atoms with Crippen LogP contribution in [-0.4, -0.2) is 25.0 Å². The van der Waals surface area contributed by atoms with Crippen LogP contribution >= 0.6 is 0 Å². The number of halogens is 1. The summed E-state index contributed by atoms with van der Waals surface area (Å²) in [5.74, 6) is -0.268. The van der Waals surface area contributed by atoms with Crippen molar-refractivity contribution in [2.45, 2.75) is 6.54 Å². The van der Waals surface area contributed by atoms with Gasteiger partial charge in [-0.1, -0.05) is 90.1 Å². The summed E-state index contributed by atoms with van der Waals surface area (Å²) in [5.41, 5.74) is 7.33. The Bertz CT molecular complexity index is 1610. The van der Waals surface area contributed by atoms with E-state index in [2.05, 4.69) is 10.3 Å². The van der Waals surface area contributed by atoms with Gasteiger partial charge < -0.3 is 0 Å². The van der Waals surface area contributed by atoms with E-state index in [0.29, 0.717) is 17.9 Å². The predicted octanol–water partition coefficient (Wildman–Crippen LogP) is 6.41. The lowest BCUT2D eigenvalue weighted by atomic mass is 10.0. The van der Waals surface area contributed by atoms with Crippen molar-refractivity contribution in [3.63, 3.8) is 0 Å². The Morgan fingerprint density at radius 2 is 1.14 bits per heavy atom. The quantitative estimate of drug-likeness (QED) is 0.300. The van der Waals surface area contributed by atoms with Crippen molar-refractivity contribution in [3.8, 4) is 33.9 Å². The molecule has 4 aromatic carbocycles. The Balaban J connectivity index is 1.59. The Morgan fingerprint density at radius 3 is 1.80 bits per heavy atom. The molecule has 0 radical (unpaired) electrons. The number of rotatable bonds is 5. The van der Waals surface area contributed by atoms with Gasteiger partial charge in [-0.2, -0.15) is 0 Å². The lowest BCUT2D eigenvalue weighted by Gasteiger charge is -2.12. The third-order valence-corrected chi connectivity index (χ3v) is 5.87. The van der Waals surface area contributed by atoms with Crippen molar-refractivity contribution in [1.29, 1.82) is 0 Å². The van der Waals surface area contributed by atoms with Crippen molar-refractivity contribution in [2.75, 3.05) is 0 Å². The van der Waals surface area contributed by atoms with Crippen LogP contribution in [0.15, 0.2) is 109 Å². The van der Waals surface area contributed by atoms with E-state index in [-0.39, 0.29) is 5.82 Å². The lowest BCUT2D eigenvalue weighted by molar-refractivity contribution is 0.622. The first-order valence-electron chi connectivity index (χ1n) is 11.3. The molecule has 0 aliphatic rings. The summed E-state index contributed by atoms with van der Waals surface area (Å²) in [6.45, 7) is 0.444. The number of benzene rings is 4. The monoisotopic (exact) mass is 457 g/mol. The molecule has 0 N–H and O–H groups in total. The van der Waals surface area contributed by atoms with Crippen LogP contribution in [-0.2, 0) is 6.54 Å². The summed E-state index contributed by atoms with van der Waals surface area (Å²) in [7, 11) is 0. The third-order valence-electron chi connectivity index (χ3n) is 5.87. The molecule has 0 aliphatic heterocycles. The van der Waals surface area contributed by atoms with E-state index >= 15 is 0 Å². The number of para-hydroxylation sites is 2. The van der Waals surface area contributed by atoms with Crippen molar-refractivity contribution in [1.82, 2.24) is 25.0 Å². The minimum absolute atomic E-state index is 0.268. The highest BCUT2D eigenvalue weighted by molar-refractivity contribution is 5.89. The molecule has 6 heteroatoms. The maximum Gasteiger partial charge on any atom is 0.141 e. The first-order chi connectivity index (χ1) is 17.3. The van der Waals surface area contributed by atoms with Gasteiger partial charge in [-0.25, -0.2) is 19.0 Å². The molecule has 5 nitrogen and oxygen atoms in total. The smallest absolute Gasteiger partial charge is 0.141 e. The maximum absolute atomic E-state index is 13.5. The molecule has 0 aliphatic carbocycles. The largest absolute Gasteiger partial charge is 0.244 e. The van der Waals surface area contributed by atoms with Gasteiger partial charge in [0, 0.05) is 11.1 Å². The van der Waals surface area contributed by atoms with E-state index in [4.69, 9.17) is 9.97 Å². The van der Waals surface area contributed by atoms with E-state index in [1.807, 2.05) is 89.6 Å². The summed E-state index contributed by atoms with van der Waals surface area (Å²) >= 11 is 0. The van der Waals surface area contributed by atoms with Gasteiger partial charge in [0.2, 0.25) is 0 Å². The molecule has 2 heterocycles. The van der Waals surface area contributed by atoms with Crippen LogP contribution in [0.5, 0.6) is 0 Å². The zero-order valence-electron chi connectivity index (χ0n) is 18.7. The van der Waals surface area contributed by atoms with E-state index < -0.39 is 0 Å². The fourth-order valence-electron chi connectivity index (χ4n) is 4.19. The van der Waals surface area contributed by atoms with E-state index in [0.717, 1.165) is 39.1 Å². The second-order valence-corrected chi connectivity index (χ2v) is 8.21. The van der Waals surface area contributed by atoms with Gasteiger partial charge in [0.05, 0.1) is 29.0 Å². The fraction of sp³-hybridized carbons (Fsp3) is 0.0345. The average Bonchev–Trinajstić information content (AvgIpc) is 3.33. The molecule has 0 fully saturated rings. The highest BCUT2D eigenvalue weighted by Gasteiger charge is 2.23. The minimum Gasteiger partial charge on any atom is -0.244 e. The molecule has 6 aromatic rings. The second-order valence-electron chi connectivity index (χ2n) is 8.21. The van der Waals surface area contributed by atoms with Gasteiger partial charge in [0.25, 0.3) is 0 Å². The fourth-order valence-corrected chi connectivity index (χ4v) is 4.19. The Hall–Kier alpha value is -4.71. The van der Waals surface area contributed by atoms with Gasteiger partial charge >= 0.3 is 0 Å². The van der Waals surface area contributed by atoms with Crippen molar-refractivity contribution < 1.29 is 4.39 Å². The van der Waals surface area contributed by atoms with Gasteiger partial charge in [0.1, 0.15) is 17.2 Å². The van der Waals surface area contributed by atoms with E-state index in [1.165, 1.54) is 12.1 Å². The van der Waals surface area contributed by atoms with Crippen LogP contribution in [0, 0.1) is 5.82 Å². The molecule has 0 saturated heterocycles. The topological polar surface area (TPSA) is 56.5 Å². The van der Waals surface area contributed by atoms with Crippen LogP contribution in [0.4, 0.5) is 4.39 Å². The highest BCUT2D eigenvalue weighted by atomic mass is 19.1. The van der Waals surface area contributed by atoms with E-state index in [9.17, 15) is 4.39 Å². The van der Waals surface area contributed by atoms with Gasteiger partial charge in [-0.05, 0) is 29.8 Å². The zero-order chi connectivity index (χ0) is 23.6. The van der Waals surface area contributed by atoms with Crippen LogP contribution in [0.1, 0.15) is 5.56 Å². The van der Waals surface area contributed by atoms with Gasteiger partial charge in [-0.15, -0.1) is 5.10 Å². The van der Waals surface area contributed by atoms with Crippen LogP contribution in [0.3, 0.4) is 0 Å². The minimum atomic E-state index is -0.268. The Kier molecular flexibility index (Phi) is 5.31. The highest BCUT2D eigenvalue weighted by Crippen LogP contribution is 2.36. The summed E-state index contributed by atoms with van der Waals surface area (Å²) in [6, 6.07) is 34.2. The predicted molar refractivity (Wildman–Crippen MR) is 135 cm³/mol. The van der Waals surface area contributed by atoms with Crippen LogP contribution in [0.2, 0.25) is 0 Å². The van der Waals surface area contributed by atoms with Gasteiger partial charge in [-0.3, -0.25) is 0 Å². The van der Waals surface area contributed by atoms with E-state index in [1.54, 1.807) is 12.1 Å². The molecule has 2 aromatic heterocycles. The number of fused-ring (bicyclic) bond motifs is 1. The first kappa shape index (κ1) is 20.9. The number of hydrogen-bond donors (Lipinski definition) is 0. The molecule has 6 rings (SSSR count). The SMILES string of the molecule is Fc1ccc(Cn2nnc(-c3nc4ccccc4nc3-c3ccccc3)c2-c2ccccc2)cc1. The molecule has 0 amide bonds. The second kappa shape index (κ2) is 8.91. The molecule has 0 atom stereocenters. The zero-order valence-corrected chi connectivity index (χ0v) is 18.7. The number of hydrogen-bond acceptors (Lipinski definition) is 4. The number of aromatic nitrogens is 5. The maximum atomic E-state index is 13.5. The van der Waals surface area contributed by atoms with Crippen LogP contribution < -0.4 is 0 Å². The third kappa shape index (κ3) is 4.06. The molecule has 35 heavy (non-hydrogen) atoms. The van der Waals surface area contributed by atoms with Gasteiger partial charge in [0.15, 0.2) is 0 Å². The molecule has 0 saturated carbocycles. The summed E-state index contributed by atoms with van der Waals surface area (Å²) in [5, 5.41) is 9.11. The lowest BCUT2D eigenvalue weighted by Crippen LogP contribution is -2.04. The Labute approximate surface area is 201 Å². The standard InChI is InChI=1S/C29H20FN5/c30-23-17-15-20(16-18-23)19-35-29(22-11-5-2-6-12-22)28(33-34-35)27-26(21-9-3-1-4-10-21)31-24-13-7-8-14-25(24)32-27/h1-18H,19H2. The van der Waals surface area contributed by atoms with Crippen LogP contribution in [0.25, 0.3) is 44.9 Å². The number of nitrogens with zero attached hydrogens (tertiary/aromatic N) is 5. The van der Waals surface area contributed by atoms with Crippen molar-refractivity contribution >= 4 is 11.0 Å². The Morgan fingerprint density at radius 1 is 0.571 bits per heavy atom. The molecule has 0 unspecified atom stereocenters. The summed E-state index contributed by atoms with van der Waals surface area (Å²) in [6.07, 6.45) is 0. The molecular weight excluding hydrogens is 437 g/mol. The summed E-state index contributed by atoms with van der Waals surface area (Å²) < 4.78 is 15.3. The average molecular weight is 458 g/mol. The molecule has 0 spiro atoms.